The summed E-state index contributed by atoms with van der Waals surface area (Å²) in [6.07, 6.45) is 6.00. The van der Waals surface area contributed by atoms with Crippen molar-refractivity contribution >= 4 is 23.9 Å². The van der Waals surface area contributed by atoms with Crippen LogP contribution in [-0.4, -0.2) is 57.5 Å². The van der Waals surface area contributed by atoms with Gasteiger partial charge < -0.3 is 5.32 Å². The quantitative estimate of drug-likeness (QED) is 0.304. The molecule has 1 saturated carbocycles. The summed E-state index contributed by atoms with van der Waals surface area (Å²) in [5.41, 5.74) is 2.84. The van der Waals surface area contributed by atoms with Crippen LogP contribution in [0.25, 0.3) is 6.08 Å². The minimum absolute atomic E-state index is 0.0413. The Bertz CT molecular complexity index is 839. The van der Waals surface area contributed by atoms with Crippen LogP contribution in [0.2, 0.25) is 0 Å². The minimum Gasteiger partial charge on any atom is -0.323 e. The normalized spacial score (nSPS) is 22.9. The van der Waals surface area contributed by atoms with Crippen LogP contribution in [0.1, 0.15) is 49.8 Å². The van der Waals surface area contributed by atoms with Gasteiger partial charge in [-0.25, -0.2) is 10.3 Å². The van der Waals surface area contributed by atoms with Crippen LogP contribution in [0.5, 0.6) is 0 Å². The van der Waals surface area contributed by atoms with Gasteiger partial charge >= 0.3 is 6.03 Å². The Kier molecular flexibility index (Phi) is 5.14. The number of likely N-dealkylation sites (tertiary alicyclic amines) is 1. The molecule has 3 fully saturated rings. The molecule has 3 N–H and O–H groups in total. The van der Waals surface area contributed by atoms with Crippen molar-refractivity contribution in [3.63, 3.8) is 0 Å². The third-order valence-corrected chi connectivity index (χ3v) is 6.26. The number of carbonyl (C=O) groups is 3. The average molecular weight is 398 g/mol. The van der Waals surface area contributed by atoms with E-state index in [-0.39, 0.29) is 24.0 Å². The molecule has 2 aliphatic heterocycles. The number of nitrogens with zero attached hydrogens (tertiary/aromatic N) is 2. The second kappa shape index (κ2) is 7.61. The third kappa shape index (κ3) is 3.77. The van der Waals surface area contributed by atoms with Gasteiger partial charge in [-0.05, 0) is 49.8 Å². The number of rotatable bonds is 5. The topological polar surface area (TPSA) is 102 Å². The zero-order valence-electron chi connectivity index (χ0n) is 16.4. The molecule has 0 aromatic heterocycles. The number of benzene rings is 1. The lowest BCUT2D eigenvalue weighted by Crippen LogP contribution is -2.55. The fourth-order valence-corrected chi connectivity index (χ4v) is 4.24. The van der Waals surface area contributed by atoms with Gasteiger partial charge in [-0.1, -0.05) is 24.3 Å². The van der Waals surface area contributed by atoms with Gasteiger partial charge in [-0.3, -0.25) is 24.6 Å². The number of hydrogen-bond acceptors (Lipinski definition) is 5. The van der Waals surface area contributed by atoms with Gasteiger partial charge in [0.1, 0.15) is 5.54 Å². The van der Waals surface area contributed by atoms with E-state index >= 15 is 0 Å². The molecule has 29 heavy (non-hydrogen) atoms. The molecule has 1 spiro atoms. The van der Waals surface area contributed by atoms with Crippen LogP contribution in [0.15, 0.2) is 30.3 Å². The van der Waals surface area contributed by atoms with Gasteiger partial charge in [0.05, 0.1) is 0 Å². The average Bonchev–Trinajstić information content (AvgIpc) is 3.54. The molecule has 1 aliphatic carbocycles. The summed E-state index contributed by atoms with van der Waals surface area (Å²) >= 11 is 0. The summed E-state index contributed by atoms with van der Waals surface area (Å²) in [5, 5.41) is 11.5. The highest BCUT2D eigenvalue weighted by atomic mass is 16.5. The molecule has 3 aliphatic rings. The maximum Gasteiger partial charge on any atom is 0.325 e. The van der Waals surface area contributed by atoms with Crippen molar-refractivity contribution in [1.29, 1.82) is 0 Å². The first-order chi connectivity index (χ1) is 13.9. The van der Waals surface area contributed by atoms with Gasteiger partial charge in [0.25, 0.3) is 11.8 Å². The highest BCUT2D eigenvalue weighted by Crippen LogP contribution is 2.38. The molecular weight excluding hydrogens is 372 g/mol. The summed E-state index contributed by atoms with van der Waals surface area (Å²) < 4.78 is 0. The van der Waals surface area contributed by atoms with E-state index in [1.165, 1.54) is 11.0 Å². The van der Waals surface area contributed by atoms with Crippen molar-refractivity contribution < 1.29 is 19.6 Å². The predicted octanol–water partition coefficient (Wildman–Crippen LogP) is 1.82. The first kappa shape index (κ1) is 19.6. The number of carbonyl (C=O) groups excluding carboxylic acids is 3. The van der Waals surface area contributed by atoms with Gasteiger partial charge in [0.15, 0.2) is 0 Å². The molecule has 1 unspecified atom stereocenters. The van der Waals surface area contributed by atoms with Crippen molar-refractivity contribution in [3.05, 3.63) is 41.5 Å². The van der Waals surface area contributed by atoms with Crippen molar-refractivity contribution in [2.75, 3.05) is 13.1 Å². The van der Waals surface area contributed by atoms with Crippen molar-refractivity contribution in [3.8, 4) is 0 Å². The lowest BCUT2D eigenvalue weighted by atomic mass is 9.86. The molecule has 2 saturated heterocycles. The second-order valence-corrected chi connectivity index (χ2v) is 8.11. The molecule has 0 bridgehead atoms. The van der Waals surface area contributed by atoms with Crippen LogP contribution >= 0.6 is 0 Å². The first-order valence-electron chi connectivity index (χ1n) is 10.1. The maximum absolute atomic E-state index is 12.9. The molecule has 8 nitrogen and oxygen atoms in total. The van der Waals surface area contributed by atoms with Crippen molar-refractivity contribution in [1.82, 2.24) is 20.6 Å². The zero-order valence-corrected chi connectivity index (χ0v) is 16.4. The van der Waals surface area contributed by atoms with Crippen molar-refractivity contribution in [2.45, 2.75) is 50.2 Å². The summed E-state index contributed by atoms with van der Waals surface area (Å²) in [7, 11) is 0. The molecule has 4 amide bonds. The third-order valence-electron chi connectivity index (χ3n) is 6.26. The van der Waals surface area contributed by atoms with Crippen LogP contribution in [-0.2, 0) is 9.59 Å². The van der Waals surface area contributed by atoms with E-state index < -0.39 is 11.4 Å². The SMILES string of the molecule is CC(c1ccc(/C=C/C(=O)NO)cc1)N1CCC2(CC1)NC(=O)N(C1CC1)C2=O. The summed E-state index contributed by atoms with van der Waals surface area (Å²) in [5.74, 6) is -0.612. The fraction of sp³-hybridized carbons (Fsp3) is 0.476. The standard InChI is InChI=1S/C21H26N4O4/c1-14(16-5-2-15(3-6-16)4-9-18(26)23-29)24-12-10-21(11-13-24)19(27)25(17-7-8-17)20(28)22-21/h2-6,9,14,17,29H,7-8,10-13H2,1H3,(H,22,28)(H,23,26)/b9-4+. The number of piperidine rings is 1. The second-order valence-electron chi connectivity index (χ2n) is 8.11. The largest absolute Gasteiger partial charge is 0.325 e. The van der Waals surface area contributed by atoms with E-state index in [9.17, 15) is 14.4 Å². The number of hydroxylamine groups is 1. The zero-order chi connectivity index (χ0) is 20.6. The molecule has 1 atom stereocenters. The Hall–Kier alpha value is -2.71. The fourth-order valence-electron chi connectivity index (χ4n) is 4.24. The summed E-state index contributed by atoms with van der Waals surface area (Å²) in [6.45, 7) is 3.61. The Labute approximate surface area is 169 Å². The Morgan fingerprint density at radius 3 is 2.48 bits per heavy atom. The number of hydrogen-bond donors (Lipinski definition) is 3. The Morgan fingerprint density at radius 1 is 1.24 bits per heavy atom. The molecule has 1 aromatic rings. The lowest BCUT2D eigenvalue weighted by molar-refractivity contribution is -0.133. The van der Waals surface area contributed by atoms with Gasteiger partial charge in [-0.2, -0.15) is 0 Å². The Balaban J connectivity index is 1.37. The lowest BCUT2D eigenvalue weighted by Gasteiger charge is -2.40. The minimum atomic E-state index is -0.724. The predicted molar refractivity (Wildman–Crippen MR) is 106 cm³/mol. The van der Waals surface area contributed by atoms with Gasteiger partial charge in [0, 0.05) is 31.2 Å². The van der Waals surface area contributed by atoms with Crippen LogP contribution in [0.4, 0.5) is 4.79 Å². The van der Waals surface area contributed by atoms with E-state index in [0.29, 0.717) is 12.8 Å². The van der Waals surface area contributed by atoms with Crippen LogP contribution in [0.3, 0.4) is 0 Å². The number of urea groups is 1. The molecule has 1 aromatic carbocycles. The highest BCUT2D eigenvalue weighted by molar-refractivity contribution is 6.07. The van der Waals surface area contributed by atoms with E-state index in [0.717, 1.165) is 37.1 Å². The molecular formula is C21H26N4O4. The monoisotopic (exact) mass is 398 g/mol. The maximum atomic E-state index is 12.9. The van der Waals surface area contributed by atoms with Gasteiger partial charge in [0.2, 0.25) is 0 Å². The summed E-state index contributed by atoms with van der Waals surface area (Å²) in [4.78, 5) is 40.0. The molecule has 154 valence electrons. The van der Waals surface area contributed by atoms with Crippen molar-refractivity contribution in [2.24, 2.45) is 0 Å². The van der Waals surface area contributed by atoms with E-state index in [1.807, 2.05) is 24.3 Å². The number of imide groups is 1. The highest BCUT2D eigenvalue weighted by Gasteiger charge is 2.56. The smallest absolute Gasteiger partial charge is 0.323 e. The van der Waals surface area contributed by atoms with Crippen LogP contribution < -0.4 is 10.8 Å². The molecule has 8 heteroatoms. The van der Waals surface area contributed by atoms with E-state index in [2.05, 4.69) is 17.1 Å². The summed E-state index contributed by atoms with van der Waals surface area (Å²) in [6, 6.07) is 7.94. The Morgan fingerprint density at radius 2 is 1.90 bits per heavy atom. The van der Waals surface area contributed by atoms with Gasteiger partial charge in [-0.15, -0.1) is 0 Å². The van der Waals surface area contributed by atoms with Crippen LogP contribution in [0, 0.1) is 0 Å². The molecule has 2 heterocycles. The van der Waals surface area contributed by atoms with E-state index in [1.54, 1.807) is 11.6 Å². The van der Waals surface area contributed by atoms with E-state index in [4.69, 9.17) is 5.21 Å². The number of nitrogens with one attached hydrogen (secondary N) is 2. The molecule has 4 rings (SSSR count). The first-order valence-corrected chi connectivity index (χ1v) is 10.1. The molecule has 0 radical (unpaired) electrons. The number of amides is 4.